The molecule has 2 heterocycles. The predicted octanol–water partition coefficient (Wildman–Crippen LogP) is -0.0511. The minimum Gasteiger partial charge on any atom is -0.387 e. The lowest BCUT2D eigenvalue weighted by Gasteiger charge is -2.33. The summed E-state index contributed by atoms with van der Waals surface area (Å²) in [7, 11) is 0. The summed E-state index contributed by atoms with van der Waals surface area (Å²) in [5, 5.41) is 20.9. The van der Waals surface area contributed by atoms with E-state index in [2.05, 4.69) is 30.7 Å². The van der Waals surface area contributed by atoms with Crippen LogP contribution in [0.4, 0.5) is 0 Å². The molecule has 1 fully saturated rings. The molecule has 3 N–H and O–H groups in total. The number of aliphatic hydroxyl groups is 1. The molecule has 0 amide bonds. The van der Waals surface area contributed by atoms with Gasteiger partial charge in [-0.05, 0) is 27.2 Å². The number of morpholine rings is 1. The molecule has 0 aliphatic carbocycles. The van der Waals surface area contributed by atoms with E-state index in [1.165, 1.54) is 0 Å². The summed E-state index contributed by atoms with van der Waals surface area (Å²) in [6.45, 7) is 11.2. The second-order valence-electron chi connectivity index (χ2n) is 6.85. The van der Waals surface area contributed by atoms with Gasteiger partial charge < -0.3 is 25.0 Å². The van der Waals surface area contributed by atoms with Gasteiger partial charge in [-0.25, -0.2) is 0 Å². The third kappa shape index (κ3) is 7.67. The van der Waals surface area contributed by atoms with Crippen LogP contribution in [0.15, 0.2) is 9.52 Å². The van der Waals surface area contributed by atoms with Gasteiger partial charge in [0.25, 0.3) is 0 Å². The van der Waals surface area contributed by atoms with Gasteiger partial charge in [0.05, 0.1) is 25.4 Å². The molecule has 1 aliphatic rings. The number of nitrogens with one attached hydrogen (secondary N) is 2. The zero-order valence-electron chi connectivity index (χ0n) is 16.1. The molecule has 0 bridgehead atoms. The summed E-state index contributed by atoms with van der Waals surface area (Å²) in [4.78, 5) is 10.9. The average molecular weight is 368 g/mol. The Bertz CT molecular complexity index is 554. The normalized spacial score (nSPS) is 18.5. The molecule has 1 aromatic rings. The fraction of sp³-hybridized carbons (Fsp3) is 0.824. The van der Waals surface area contributed by atoms with Crippen molar-refractivity contribution in [3.05, 3.63) is 11.7 Å². The van der Waals surface area contributed by atoms with Gasteiger partial charge in [0.2, 0.25) is 5.89 Å². The number of hydrogen-bond donors (Lipinski definition) is 3. The minimum atomic E-state index is -0.874. The number of rotatable bonds is 9. The van der Waals surface area contributed by atoms with E-state index in [4.69, 9.17) is 9.26 Å². The Morgan fingerprint density at radius 2 is 2.12 bits per heavy atom. The van der Waals surface area contributed by atoms with E-state index in [1.807, 2.05) is 20.8 Å². The molecule has 1 unspecified atom stereocenters. The molecule has 148 valence electrons. The number of aliphatic imine (C=N–C) groups is 1. The zero-order chi connectivity index (χ0) is 18.8. The Balaban J connectivity index is 1.74. The van der Waals surface area contributed by atoms with Gasteiger partial charge in [-0.2, -0.15) is 4.98 Å². The van der Waals surface area contributed by atoms with E-state index in [-0.39, 0.29) is 0 Å². The summed E-state index contributed by atoms with van der Waals surface area (Å²) < 4.78 is 10.4. The van der Waals surface area contributed by atoms with E-state index >= 15 is 0 Å². The largest absolute Gasteiger partial charge is 0.387 e. The van der Waals surface area contributed by atoms with Crippen molar-refractivity contribution < 1.29 is 14.4 Å². The fourth-order valence-electron chi connectivity index (χ4n) is 2.77. The Labute approximate surface area is 155 Å². The highest BCUT2D eigenvalue weighted by molar-refractivity contribution is 5.79. The van der Waals surface area contributed by atoms with Crippen molar-refractivity contribution in [1.82, 2.24) is 25.7 Å². The second-order valence-corrected chi connectivity index (χ2v) is 6.85. The zero-order valence-corrected chi connectivity index (χ0v) is 16.1. The van der Waals surface area contributed by atoms with Crippen molar-refractivity contribution in [2.75, 3.05) is 52.5 Å². The molecule has 1 aromatic heterocycles. The molecule has 0 spiro atoms. The van der Waals surface area contributed by atoms with Crippen molar-refractivity contribution in [3.8, 4) is 0 Å². The number of hydrogen-bond acceptors (Lipinski definition) is 7. The summed E-state index contributed by atoms with van der Waals surface area (Å²) in [5.74, 6) is 2.02. The van der Waals surface area contributed by atoms with Crippen LogP contribution in [0, 0.1) is 6.92 Å². The molecule has 1 saturated heterocycles. The summed E-state index contributed by atoms with van der Waals surface area (Å²) >= 11 is 0. The maximum Gasteiger partial charge on any atom is 0.226 e. The molecule has 1 atom stereocenters. The number of ether oxygens (including phenoxy) is 1. The van der Waals surface area contributed by atoms with Crippen LogP contribution in [-0.2, 0) is 11.2 Å². The van der Waals surface area contributed by atoms with Crippen LogP contribution >= 0.6 is 0 Å². The van der Waals surface area contributed by atoms with Crippen molar-refractivity contribution in [3.63, 3.8) is 0 Å². The van der Waals surface area contributed by atoms with Crippen molar-refractivity contribution in [2.24, 2.45) is 4.99 Å². The van der Waals surface area contributed by atoms with Gasteiger partial charge in [-0.15, -0.1) is 0 Å². The van der Waals surface area contributed by atoms with Crippen LogP contribution in [0.2, 0.25) is 0 Å². The fourth-order valence-corrected chi connectivity index (χ4v) is 2.77. The van der Waals surface area contributed by atoms with E-state index in [1.54, 1.807) is 0 Å². The molecule has 26 heavy (non-hydrogen) atoms. The monoisotopic (exact) mass is 368 g/mol. The van der Waals surface area contributed by atoms with E-state index in [9.17, 15) is 5.11 Å². The first kappa shape index (κ1) is 20.6. The van der Waals surface area contributed by atoms with Crippen molar-refractivity contribution in [1.29, 1.82) is 0 Å². The predicted molar refractivity (Wildman–Crippen MR) is 99.2 cm³/mol. The van der Waals surface area contributed by atoms with E-state index < -0.39 is 5.60 Å². The number of aromatic nitrogens is 2. The molecule has 9 nitrogen and oxygen atoms in total. The smallest absolute Gasteiger partial charge is 0.226 e. The van der Waals surface area contributed by atoms with Crippen molar-refractivity contribution in [2.45, 2.75) is 39.2 Å². The van der Waals surface area contributed by atoms with Gasteiger partial charge in [0, 0.05) is 39.1 Å². The second kappa shape index (κ2) is 10.4. The van der Waals surface area contributed by atoms with E-state index in [0.717, 1.165) is 52.2 Å². The summed E-state index contributed by atoms with van der Waals surface area (Å²) in [5.41, 5.74) is -0.874. The lowest BCUT2D eigenvalue weighted by molar-refractivity contribution is -0.0179. The van der Waals surface area contributed by atoms with Gasteiger partial charge in [-0.3, -0.25) is 9.89 Å². The van der Waals surface area contributed by atoms with E-state index in [0.29, 0.717) is 30.8 Å². The highest BCUT2D eigenvalue weighted by Gasteiger charge is 2.25. The number of β-amino-alcohol motifs (C(OH)–C–C–N with tert-alkyl or cyclic N) is 1. The minimum absolute atomic E-state index is 0.336. The first-order chi connectivity index (χ1) is 12.5. The number of guanidine groups is 1. The maximum atomic E-state index is 10.6. The molecule has 0 saturated carbocycles. The van der Waals surface area contributed by atoms with Crippen LogP contribution in [0.25, 0.3) is 0 Å². The maximum absolute atomic E-state index is 10.6. The highest BCUT2D eigenvalue weighted by atomic mass is 16.5. The van der Waals surface area contributed by atoms with Crippen LogP contribution in [0.5, 0.6) is 0 Å². The van der Waals surface area contributed by atoms with Gasteiger partial charge in [-0.1, -0.05) is 5.16 Å². The molecular weight excluding hydrogens is 336 g/mol. The average Bonchev–Trinajstić information content (AvgIpc) is 3.02. The lowest BCUT2D eigenvalue weighted by Crippen LogP contribution is -2.48. The Morgan fingerprint density at radius 3 is 2.77 bits per heavy atom. The summed E-state index contributed by atoms with van der Waals surface area (Å²) in [6, 6.07) is 0. The topological polar surface area (TPSA) is 108 Å². The third-order valence-electron chi connectivity index (χ3n) is 4.02. The number of nitrogens with zero attached hydrogens (tertiary/aromatic N) is 4. The van der Waals surface area contributed by atoms with Crippen molar-refractivity contribution >= 4 is 5.96 Å². The van der Waals surface area contributed by atoms with Gasteiger partial charge in [0.1, 0.15) is 0 Å². The third-order valence-corrected chi connectivity index (χ3v) is 4.02. The Morgan fingerprint density at radius 1 is 1.35 bits per heavy atom. The Hall–Kier alpha value is -1.71. The lowest BCUT2D eigenvalue weighted by atomic mass is 10.1. The van der Waals surface area contributed by atoms with Gasteiger partial charge >= 0.3 is 0 Å². The summed E-state index contributed by atoms with van der Waals surface area (Å²) in [6.07, 6.45) is 1.58. The molecule has 9 heteroatoms. The number of aryl methyl sites for hydroxylation is 2. The molecular formula is C17H32N6O3. The Kier molecular flexibility index (Phi) is 8.27. The molecule has 1 aliphatic heterocycles. The molecule has 0 aromatic carbocycles. The standard InChI is InChI=1S/C17H32N6O3/c1-4-18-16(19-7-5-6-15-21-14(2)22-26-15)20-12-17(3,24)13-23-8-10-25-11-9-23/h24H,4-13H2,1-3H3,(H2,18,19,20). The van der Waals surface area contributed by atoms with Crippen LogP contribution < -0.4 is 10.6 Å². The van der Waals surface area contributed by atoms with Gasteiger partial charge in [0.15, 0.2) is 11.8 Å². The first-order valence-corrected chi connectivity index (χ1v) is 9.32. The van der Waals surface area contributed by atoms with Crippen LogP contribution in [0.1, 0.15) is 32.0 Å². The quantitative estimate of drug-likeness (QED) is 0.316. The SMILES string of the molecule is CCNC(=NCC(C)(O)CN1CCOCC1)NCCCc1nc(C)no1. The molecule has 0 radical (unpaired) electrons. The molecule has 2 rings (SSSR count). The first-order valence-electron chi connectivity index (χ1n) is 9.32. The van der Waals surface area contributed by atoms with Crippen LogP contribution in [0.3, 0.4) is 0 Å². The van der Waals surface area contributed by atoms with Crippen LogP contribution in [-0.4, -0.2) is 84.2 Å². The highest BCUT2D eigenvalue weighted by Crippen LogP contribution is 2.09.